The highest BCUT2D eigenvalue weighted by Crippen LogP contribution is 2.13. The second kappa shape index (κ2) is 8.44. The van der Waals surface area contributed by atoms with Crippen molar-refractivity contribution < 1.29 is 19.0 Å². The fourth-order valence-electron chi connectivity index (χ4n) is 1.19. The van der Waals surface area contributed by atoms with Gasteiger partial charge in [-0.15, -0.1) is 0 Å². The Hall–Kier alpha value is -0.870. The minimum atomic E-state index is -0.340. The molecule has 88 valence electrons. The average molecular weight is 216 g/mol. The van der Waals surface area contributed by atoms with Crippen molar-refractivity contribution in [2.24, 2.45) is 5.92 Å². The first-order chi connectivity index (χ1) is 7.15. The molecule has 0 aliphatic carbocycles. The largest absolute Gasteiger partial charge is 0.466 e. The van der Waals surface area contributed by atoms with Crippen molar-refractivity contribution in [1.29, 1.82) is 0 Å². The Labute approximate surface area is 91.2 Å². The third kappa shape index (κ3) is 6.25. The van der Waals surface area contributed by atoms with Crippen molar-refractivity contribution in [3.05, 3.63) is 12.2 Å². The lowest BCUT2D eigenvalue weighted by atomic mass is 10.0. The lowest BCUT2D eigenvalue weighted by Crippen LogP contribution is -2.20. The van der Waals surface area contributed by atoms with Crippen LogP contribution in [0.15, 0.2) is 12.2 Å². The van der Waals surface area contributed by atoms with E-state index in [2.05, 4.69) is 4.74 Å². The van der Waals surface area contributed by atoms with Crippen molar-refractivity contribution in [3.63, 3.8) is 0 Å². The molecule has 0 amide bonds. The molecule has 0 aromatic rings. The maximum Gasteiger partial charge on any atom is 0.330 e. The van der Waals surface area contributed by atoms with E-state index in [1.165, 1.54) is 13.2 Å². The number of esters is 1. The molecule has 0 aliphatic rings. The third-order valence-corrected chi connectivity index (χ3v) is 2.20. The molecule has 0 aromatic heterocycles. The van der Waals surface area contributed by atoms with E-state index < -0.39 is 0 Å². The highest BCUT2D eigenvalue weighted by molar-refractivity contribution is 5.81. The van der Waals surface area contributed by atoms with E-state index >= 15 is 0 Å². The van der Waals surface area contributed by atoms with Gasteiger partial charge in [-0.05, 0) is 13.3 Å². The number of ether oxygens (including phenoxy) is 3. The highest BCUT2D eigenvalue weighted by atomic mass is 16.7. The minimum Gasteiger partial charge on any atom is -0.466 e. The Morgan fingerprint density at radius 3 is 2.53 bits per heavy atom. The molecule has 0 spiro atoms. The Morgan fingerprint density at radius 2 is 2.07 bits per heavy atom. The standard InChI is InChI=1S/C11H20O4/c1-5-10(6-7-11(12)14-4)9(2)15-8-13-3/h6-7,9-10H,5,8H2,1-4H3/b7-6+/t9-,10+/m1/s1. The Bertz CT molecular complexity index is 201. The summed E-state index contributed by atoms with van der Waals surface area (Å²) in [4.78, 5) is 10.9. The predicted molar refractivity (Wildman–Crippen MR) is 57.4 cm³/mol. The third-order valence-electron chi connectivity index (χ3n) is 2.20. The van der Waals surface area contributed by atoms with Crippen molar-refractivity contribution >= 4 is 5.97 Å². The highest BCUT2D eigenvalue weighted by Gasteiger charge is 2.13. The van der Waals surface area contributed by atoms with E-state index in [1.54, 1.807) is 7.11 Å². The molecular weight excluding hydrogens is 196 g/mol. The molecule has 0 radical (unpaired) electrons. The van der Waals surface area contributed by atoms with Crippen molar-refractivity contribution in [2.75, 3.05) is 21.0 Å². The number of carbonyl (C=O) groups is 1. The predicted octanol–water partition coefficient (Wildman–Crippen LogP) is 1.75. The first kappa shape index (κ1) is 14.1. The van der Waals surface area contributed by atoms with Crippen LogP contribution in [0, 0.1) is 5.92 Å². The SMILES string of the molecule is CC[C@@H](/C=C/C(=O)OC)[C@@H](C)OCOC. The Morgan fingerprint density at radius 1 is 1.40 bits per heavy atom. The van der Waals surface area contributed by atoms with Gasteiger partial charge in [0.2, 0.25) is 0 Å². The summed E-state index contributed by atoms with van der Waals surface area (Å²) in [6, 6.07) is 0. The molecule has 0 N–H and O–H groups in total. The number of hydrogen-bond donors (Lipinski definition) is 0. The van der Waals surface area contributed by atoms with E-state index in [-0.39, 0.29) is 24.8 Å². The van der Waals surface area contributed by atoms with Crippen LogP contribution in [0.3, 0.4) is 0 Å². The smallest absolute Gasteiger partial charge is 0.330 e. The molecule has 0 fully saturated rings. The second-order valence-electron chi connectivity index (χ2n) is 3.23. The van der Waals surface area contributed by atoms with Gasteiger partial charge in [-0.1, -0.05) is 13.0 Å². The zero-order valence-electron chi connectivity index (χ0n) is 9.86. The van der Waals surface area contributed by atoms with Crippen LogP contribution in [0.5, 0.6) is 0 Å². The summed E-state index contributed by atoms with van der Waals surface area (Å²) in [6.45, 7) is 4.26. The molecular formula is C11H20O4. The van der Waals surface area contributed by atoms with Crippen LogP contribution in [0.25, 0.3) is 0 Å². The second-order valence-corrected chi connectivity index (χ2v) is 3.23. The molecule has 0 bridgehead atoms. The van der Waals surface area contributed by atoms with E-state index in [9.17, 15) is 4.79 Å². The first-order valence-electron chi connectivity index (χ1n) is 5.02. The summed E-state index contributed by atoms with van der Waals surface area (Å²) in [5.41, 5.74) is 0. The van der Waals surface area contributed by atoms with Gasteiger partial charge in [0.1, 0.15) is 6.79 Å². The van der Waals surface area contributed by atoms with E-state index in [0.29, 0.717) is 0 Å². The lowest BCUT2D eigenvalue weighted by molar-refractivity contribution is -0.134. The van der Waals surface area contributed by atoms with E-state index in [1.807, 2.05) is 19.9 Å². The molecule has 4 nitrogen and oxygen atoms in total. The summed E-state index contributed by atoms with van der Waals surface area (Å²) >= 11 is 0. The van der Waals surface area contributed by atoms with E-state index in [0.717, 1.165) is 6.42 Å². The molecule has 4 heteroatoms. The Kier molecular flexibility index (Phi) is 7.95. The number of carbonyl (C=O) groups excluding carboxylic acids is 1. The zero-order valence-corrected chi connectivity index (χ0v) is 9.86. The topological polar surface area (TPSA) is 44.8 Å². The van der Waals surface area contributed by atoms with Gasteiger partial charge >= 0.3 is 5.97 Å². The fraction of sp³-hybridized carbons (Fsp3) is 0.727. The lowest BCUT2D eigenvalue weighted by Gasteiger charge is -2.19. The molecule has 0 saturated heterocycles. The molecule has 0 rings (SSSR count). The van der Waals surface area contributed by atoms with Gasteiger partial charge in [0.05, 0.1) is 13.2 Å². The molecule has 0 saturated carbocycles. The van der Waals surface area contributed by atoms with Gasteiger partial charge < -0.3 is 14.2 Å². The van der Waals surface area contributed by atoms with Crippen LogP contribution in [-0.4, -0.2) is 33.1 Å². The van der Waals surface area contributed by atoms with Crippen LogP contribution in [0.1, 0.15) is 20.3 Å². The maximum absolute atomic E-state index is 10.9. The molecule has 0 aromatic carbocycles. The molecule has 0 heterocycles. The summed E-state index contributed by atoms with van der Waals surface area (Å²) < 4.78 is 14.7. The quantitative estimate of drug-likeness (QED) is 0.369. The van der Waals surface area contributed by atoms with Gasteiger partial charge in [-0.3, -0.25) is 0 Å². The van der Waals surface area contributed by atoms with Crippen LogP contribution < -0.4 is 0 Å². The van der Waals surface area contributed by atoms with Gasteiger partial charge in [-0.25, -0.2) is 4.79 Å². The molecule has 15 heavy (non-hydrogen) atoms. The number of rotatable bonds is 7. The summed E-state index contributed by atoms with van der Waals surface area (Å²) in [7, 11) is 2.94. The van der Waals surface area contributed by atoms with Crippen LogP contribution >= 0.6 is 0 Å². The van der Waals surface area contributed by atoms with Gasteiger partial charge in [0.25, 0.3) is 0 Å². The minimum absolute atomic E-state index is 0.0239. The molecule has 0 unspecified atom stereocenters. The summed E-state index contributed by atoms with van der Waals surface area (Å²) in [5, 5.41) is 0. The van der Waals surface area contributed by atoms with Gasteiger partial charge in [-0.2, -0.15) is 0 Å². The fourth-order valence-corrected chi connectivity index (χ4v) is 1.19. The number of methoxy groups -OCH3 is 2. The first-order valence-corrected chi connectivity index (χ1v) is 5.02. The molecule has 0 aliphatic heterocycles. The van der Waals surface area contributed by atoms with Crippen molar-refractivity contribution in [1.82, 2.24) is 0 Å². The normalized spacial score (nSPS) is 15.2. The average Bonchev–Trinajstić information content (AvgIpc) is 2.26. The maximum atomic E-state index is 10.9. The van der Waals surface area contributed by atoms with Crippen molar-refractivity contribution in [3.8, 4) is 0 Å². The van der Waals surface area contributed by atoms with Crippen molar-refractivity contribution in [2.45, 2.75) is 26.4 Å². The Balaban J connectivity index is 4.10. The molecule has 2 atom stereocenters. The van der Waals surface area contributed by atoms with Gasteiger partial charge in [0.15, 0.2) is 0 Å². The van der Waals surface area contributed by atoms with Gasteiger partial charge in [0, 0.05) is 19.1 Å². The van der Waals surface area contributed by atoms with Crippen LogP contribution in [-0.2, 0) is 19.0 Å². The summed E-state index contributed by atoms with van der Waals surface area (Å²) in [6.07, 6.45) is 4.17. The van der Waals surface area contributed by atoms with Crippen LogP contribution in [0.2, 0.25) is 0 Å². The zero-order chi connectivity index (χ0) is 11.7. The summed E-state index contributed by atoms with van der Waals surface area (Å²) in [5.74, 6) is -0.147. The van der Waals surface area contributed by atoms with Crippen LogP contribution in [0.4, 0.5) is 0 Å². The monoisotopic (exact) mass is 216 g/mol. The van der Waals surface area contributed by atoms with E-state index in [4.69, 9.17) is 9.47 Å². The number of hydrogen-bond acceptors (Lipinski definition) is 4.